The number of hydrogen-bond donors (Lipinski definition) is 2. The molecule has 0 unspecified atom stereocenters. The number of ketones is 1. The van der Waals surface area contributed by atoms with Gasteiger partial charge < -0.3 is 14.6 Å². The molecule has 3 rings (SSSR count). The standard InChI is InChI=1S/C27H39N5O4/c1-8-13-36-25-18(3)17(2)24-29-31(26(28)32(24)30-25)16-22(34)20-14-19(11-9-10-12-33)23(35-7)21(15-20)27(4,5)6/h14-15,28,33H,8-13,16H2,1-7H3. The summed E-state index contributed by atoms with van der Waals surface area (Å²) in [6.45, 7) is 12.7. The normalized spacial score (nSPS) is 11.8. The summed E-state index contributed by atoms with van der Waals surface area (Å²) in [4.78, 5) is 13.5. The zero-order valence-electron chi connectivity index (χ0n) is 22.6. The smallest absolute Gasteiger partial charge is 0.242 e. The van der Waals surface area contributed by atoms with Crippen LogP contribution in [0.25, 0.3) is 5.65 Å². The van der Waals surface area contributed by atoms with E-state index in [-0.39, 0.29) is 30.0 Å². The Morgan fingerprint density at radius 1 is 1.14 bits per heavy atom. The first-order valence-corrected chi connectivity index (χ1v) is 12.5. The van der Waals surface area contributed by atoms with Gasteiger partial charge in [0.1, 0.15) is 12.3 Å². The van der Waals surface area contributed by atoms with Gasteiger partial charge in [0.2, 0.25) is 11.5 Å². The number of hydrogen-bond acceptors (Lipinski definition) is 7. The number of aromatic nitrogens is 4. The summed E-state index contributed by atoms with van der Waals surface area (Å²) in [5.41, 5.74) is 4.48. The third-order valence-electron chi connectivity index (χ3n) is 6.36. The number of rotatable bonds is 11. The van der Waals surface area contributed by atoms with E-state index in [0.717, 1.165) is 40.8 Å². The van der Waals surface area contributed by atoms with Crippen molar-refractivity contribution >= 4 is 11.4 Å². The monoisotopic (exact) mass is 497 g/mol. The largest absolute Gasteiger partial charge is 0.496 e. The topological polar surface area (TPSA) is 115 Å². The summed E-state index contributed by atoms with van der Waals surface area (Å²) >= 11 is 0. The molecule has 0 spiro atoms. The molecule has 1 aromatic carbocycles. The Bertz CT molecular complexity index is 1300. The van der Waals surface area contributed by atoms with Gasteiger partial charge in [-0.1, -0.05) is 27.7 Å². The lowest BCUT2D eigenvalue weighted by Gasteiger charge is -2.25. The van der Waals surface area contributed by atoms with Crippen LogP contribution in [0.3, 0.4) is 0 Å². The van der Waals surface area contributed by atoms with Crippen molar-refractivity contribution in [3.63, 3.8) is 0 Å². The fraction of sp³-hybridized carbons (Fsp3) is 0.556. The fourth-order valence-corrected chi connectivity index (χ4v) is 4.17. The van der Waals surface area contributed by atoms with Gasteiger partial charge in [0.25, 0.3) is 0 Å². The Balaban J connectivity index is 2.03. The molecule has 0 bridgehead atoms. The van der Waals surface area contributed by atoms with Crippen LogP contribution in [-0.4, -0.2) is 50.6 Å². The number of carbonyl (C=O) groups excluding carboxylic acids is 1. The SMILES string of the molecule is CCCOc1nn2c(=N)n(CC(=O)c3cc(CCCCO)c(OC)c(C(C)(C)C)c3)nc2c(C)c1C. The molecule has 9 heteroatoms. The van der Waals surface area contributed by atoms with Crippen LogP contribution in [0.15, 0.2) is 12.1 Å². The fourth-order valence-electron chi connectivity index (χ4n) is 4.17. The van der Waals surface area contributed by atoms with E-state index in [0.29, 0.717) is 36.5 Å². The van der Waals surface area contributed by atoms with Crippen molar-refractivity contribution < 1.29 is 19.4 Å². The molecule has 196 valence electrons. The molecule has 3 aromatic rings. The highest BCUT2D eigenvalue weighted by Gasteiger charge is 2.25. The van der Waals surface area contributed by atoms with Crippen LogP contribution in [0.1, 0.15) is 79.6 Å². The van der Waals surface area contributed by atoms with E-state index in [2.05, 4.69) is 31.0 Å². The Morgan fingerprint density at radius 3 is 2.47 bits per heavy atom. The first-order valence-electron chi connectivity index (χ1n) is 12.5. The molecule has 0 aliphatic rings. The molecule has 0 atom stereocenters. The van der Waals surface area contributed by atoms with Gasteiger partial charge in [0, 0.05) is 28.9 Å². The number of benzene rings is 1. The highest BCUT2D eigenvalue weighted by atomic mass is 16.5. The van der Waals surface area contributed by atoms with Crippen LogP contribution >= 0.6 is 0 Å². The van der Waals surface area contributed by atoms with E-state index in [4.69, 9.17) is 14.9 Å². The number of nitrogens with zero attached hydrogens (tertiary/aromatic N) is 4. The summed E-state index contributed by atoms with van der Waals surface area (Å²) in [5, 5.41) is 26.9. The van der Waals surface area contributed by atoms with Crippen molar-refractivity contribution in [2.75, 3.05) is 20.3 Å². The number of aliphatic hydroxyl groups excluding tert-OH is 1. The molecule has 0 radical (unpaired) electrons. The van der Waals surface area contributed by atoms with Gasteiger partial charge >= 0.3 is 0 Å². The Kier molecular flexibility index (Phi) is 8.55. The summed E-state index contributed by atoms with van der Waals surface area (Å²) < 4.78 is 14.3. The van der Waals surface area contributed by atoms with E-state index in [1.807, 2.05) is 32.9 Å². The zero-order chi connectivity index (χ0) is 26.6. The van der Waals surface area contributed by atoms with Crippen LogP contribution in [-0.2, 0) is 18.4 Å². The lowest BCUT2D eigenvalue weighted by atomic mass is 9.83. The van der Waals surface area contributed by atoms with Crippen molar-refractivity contribution in [2.24, 2.45) is 0 Å². The Morgan fingerprint density at radius 2 is 1.86 bits per heavy atom. The van der Waals surface area contributed by atoms with E-state index >= 15 is 0 Å². The first-order chi connectivity index (χ1) is 17.0. The third-order valence-corrected chi connectivity index (χ3v) is 6.36. The number of Topliss-reactive ketones (excluding diaryl/α,β-unsaturated/α-hetero) is 1. The lowest BCUT2D eigenvalue weighted by molar-refractivity contribution is 0.0965. The van der Waals surface area contributed by atoms with Crippen molar-refractivity contribution in [3.8, 4) is 11.6 Å². The van der Waals surface area contributed by atoms with Gasteiger partial charge in [-0.25, -0.2) is 4.68 Å². The average molecular weight is 498 g/mol. The van der Waals surface area contributed by atoms with Crippen LogP contribution in [0.5, 0.6) is 11.6 Å². The minimum absolute atomic E-state index is 0.00974. The molecule has 2 aromatic heterocycles. The number of fused-ring (bicyclic) bond motifs is 1. The second-order valence-electron chi connectivity index (χ2n) is 10.2. The molecule has 0 aliphatic carbocycles. The molecular formula is C27H39N5O4. The quantitative estimate of drug-likeness (QED) is 0.307. The summed E-state index contributed by atoms with van der Waals surface area (Å²) in [7, 11) is 1.65. The molecule has 0 amide bonds. The predicted octanol–water partition coefficient (Wildman–Crippen LogP) is 3.92. The number of carbonyl (C=O) groups is 1. The van der Waals surface area contributed by atoms with Gasteiger partial charge in [0.05, 0.1) is 13.7 Å². The minimum atomic E-state index is -0.238. The van der Waals surface area contributed by atoms with Crippen LogP contribution in [0, 0.1) is 19.3 Å². The Labute approximate surface area is 212 Å². The summed E-state index contributed by atoms with van der Waals surface area (Å²) in [6.07, 6.45) is 3.02. The molecular weight excluding hydrogens is 458 g/mol. The maximum absolute atomic E-state index is 13.5. The molecule has 9 nitrogen and oxygen atoms in total. The van der Waals surface area contributed by atoms with Crippen molar-refractivity contribution in [2.45, 2.75) is 79.2 Å². The molecule has 0 aliphatic heterocycles. The molecule has 2 N–H and O–H groups in total. The Hall–Kier alpha value is -3.20. The van der Waals surface area contributed by atoms with Gasteiger partial charge in [-0.15, -0.1) is 10.2 Å². The molecule has 36 heavy (non-hydrogen) atoms. The number of aliphatic hydroxyl groups is 1. The van der Waals surface area contributed by atoms with Crippen molar-refractivity contribution in [1.82, 2.24) is 19.4 Å². The first kappa shape index (κ1) is 27.4. The van der Waals surface area contributed by atoms with E-state index in [1.54, 1.807) is 7.11 Å². The van der Waals surface area contributed by atoms with Crippen molar-refractivity contribution in [3.05, 3.63) is 45.6 Å². The molecule has 2 heterocycles. The van der Waals surface area contributed by atoms with Gasteiger partial charge in [-0.2, -0.15) is 4.52 Å². The average Bonchev–Trinajstić information content (AvgIpc) is 3.14. The third kappa shape index (κ3) is 5.61. The number of aryl methyl sites for hydroxylation is 2. The number of nitrogens with one attached hydrogen (secondary N) is 1. The maximum Gasteiger partial charge on any atom is 0.242 e. The molecule has 0 saturated carbocycles. The van der Waals surface area contributed by atoms with E-state index in [1.165, 1.54) is 9.20 Å². The van der Waals surface area contributed by atoms with E-state index < -0.39 is 0 Å². The maximum atomic E-state index is 13.5. The van der Waals surface area contributed by atoms with Crippen LogP contribution in [0.2, 0.25) is 0 Å². The second-order valence-corrected chi connectivity index (χ2v) is 10.2. The molecule has 0 saturated heterocycles. The molecule has 0 fully saturated rings. The zero-order valence-corrected chi connectivity index (χ0v) is 22.6. The highest BCUT2D eigenvalue weighted by molar-refractivity contribution is 5.96. The number of ether oxygens (including phenoxy) is 2. The van der Waals surface area contributed by atoms with Crippen LogP contribution in [0.4, 0.5) is 0 Å². The van der Waals surface area contributed by atoms with Gasteiger partial charge in [-0.3, -0.25) is 10.2 Å². The van der Waals surface area contributed by atoms with E-state index in [9.17, 15) is 9.90 Å². The number of methoxy groups -OCH3 is 1. The van der Waals surface area contributed by atoms with Crippen LogP contribution < -0.4 is 15.1 Å². The lowest BCUT2D eigenvalue weighted by Crippen LogP contribution is -2.27. The van der Waals surface area contributed by atoms with Crippen molar-refractivity contribution in [1.29, 1.82) is 5.41 Å². The summed E-state index contributed by atoms with van der Waals surface area (Å²) in [6, 6.07) is 3.76. The van der Waals surface area contributed by atoms with Gasteiger partial charge in [0.15, 0.2) is 11.4 Å². The van der Waals surface area contributed by atoms with Gasteiger partial charge in [-0.05, 0) is 62.6 Å². The minimum Gasteiger partial charge on any atom is -0.496 e. The predicted molar refractivity (Wildman–Crippen MR) is 138 cm³/mol. The summed E-state index contributed by atoms with van der Waals surface area (Å²) in [5.74, 6) is 1.11. The second kappa shape index (κ2) is 11.2. The number of unbranched alkanes of at least 4 members (excludes halogenated alkanes) is 1. The highest BCUT2D eigenvalue weighted by Crippen LogP contribution is 2.36.